The number of hydrogen-bond donors (Lipinski definition) is 1. The van der Waals surface area contributed by atoms with Crippen LogP contribution >= 0.6 is 0 Å². The Morgan fingerprint density at radius 3 is 2.62 bits per heavy atom. The number of nitrogens with one attached hydrogen (secondary N) is 1. The topological polar surface area (TPSA) is 34.0 Å². The van der Waals surface area contributed by atoms with Crippen LogP contribution in [0.2, 0.25) is 0 Å². The quantitative estimate of drug-likeness (QED) is 0.781. The summed E-state index contributed by atoms with van der Waals surface area (Å²) in [6, 6.07) is 1.87. The van der Waals surface area contributed by atoms with Crippen molar-refractivity contribution in [3.8, 4) is 0 Å². The van der Waals surface area contributed by atoms with E-state index in [0.717, 1.165) is 24.9 Å². The van der Waals surface area contributed by atoms with Gasteiger partial charge in [-0.05, 0) is 33.3 Å². The van der Waals surface area contributed by atoms with Gasteiger partial charge in [-0.15, -0.1) is 0 Å². The van der Waals surface area contributed by atoms with E-state index in [0.29, 0.717) is 0 Å². The van der Waals surface area contributed by atoms with Crippen LogP contribution in [0.4, 0.5) is 0 Å². The Hall–Kier alpha value is -1.25. The van der Waals surface area contributed by atoms with Gasteiger partial charge in [-0.1, -0.05) is 13.3 Å². The summed E-state index contributed by atoms with van der Waals surface area (Å²) in [6.45, 7) is 9.22. The van der Waals surface area contributed by atoms with Crippen LogP contribution < -0.4 is 5.32 Å². The van der Waals surface area contributed by atoms with Crippen LogP contribution in [0.3, 0.4) is 0 Å². The highest BCUT2D eigenvalue weighted by Crippen LogP contribution is 2.15. The van der Waals surface area contributed by atoms with Crippen LogP contribution in [-0.2, 0) is 5.54 Å². The highest BCUT2D eigenvalue weighted by Gasteiger charge is 2.14. The number of aromatic nitrogens is 1. The first-order valence-corrected chi connectivity index (χ1v) is 5.92. The lowest BCUT2D eigenvalue weighted by Crippen LogP contribution is -2.24. The Bertz CT molecular complexity index is 347. The maximum atomic E-state index is 11.7. The van der Waals surface area contributed by atoms with E-state index < -0.39 is 0 Å². The molecule has 0 fully saturated rings. The van der Waals surface area contributed by atoms with Crippen LogP contribution in [0, 0.1) is 0 Å². The Morgan fingerprint density at radius 2 is 2.12 bits per heavy atom. The van der Waals surface area contributed by atoms with Crippen molar-refractivity contribution in [2.45, 2.75) is 46.1 Å². The molecule has 3 nitrogen and oxygen atoms in total. The molecule has 0 aliphatic rings. The number of nitrogens with zero attached hydrogens (tertiary/aromatic N) is 1. The minimum Gasteiger partial charge on any atom is -0.352 e. The maximum absolute atomic E-state index is 11.7. The van der Waals surface area contributed by atoms with E-state index in [1.165, 1.54) is 0 Å². The van der Waals surface area contributed by atoms with Gasteiger partial charge < -0.3 is 9.88 Å². The molecule has 0 aromatic carbocycles. The molecule has 0 atom stereocenters. The Balaban J connectivity index is 2.60. The second-order valence-corrected chi connectivity index (χ2v) is 5.09. The molecule has 1 heterocycles. The van der Waals surface area contributed by atoms with E-state index in [1.807, 2.05) is 18.5 Å². The zero-order valence-electron chi connectivity index (χ0n) is 10.7. The fraction of sp³-hybridized carbons (Fsp3) is 0.615. The third-order valence-corrected chi connectivity index (χ3v) is 2.55. The maximum Gasteiger partial charge on any atom is 0.252 e. The van der Waals surface area contributed by atoms with Gasteiger partial charge in [0.2, 0.25) is 0 Å². The molecule has 3 heteroatoms. The molecule has 0 unspecified atom stereocenters. The second kappa shape index (κ2) is 5.19. The first-order valence-electron chi connectivity index (χ1n) is 5.92. The van der Waals surface area contributed by atoms with Crippen molar-refractivity contribution in [3.05, 3.63) is 24.0 Å². The fourth-order valence-electron chi connectivity index (χ4n) is 1.43. The predicted octanol–water partition coefficient (Wildman–Crippen LogP) is 2.77. The van der Waals surface area contributed by atoms with Crippen molar-refractivity contribution >= 4 is 5.91 Å². The second-order valence-electron chi connectivity index (χ2n) is 5.09. The summed E-state index contributed by atoms with van der Waals surface area (Å²) in [7, 11) is 0. The molecule has 1 amide bonds. The SMILES string of the molecule is CCCCNC(=O)c1ccn(C(C)(C)C)c1. The van der Waals surface area contributed by atoms with E-state index in [-0.39, 0.29) is 11.4 Å². The molecule has 0 bridgehead atoms. The van der Waals surface area contributed by atoms with Crippen LogP contribution in [-0.4, -0.2) is 17.0 Å². The Labute approximate surface area is 97.8 Å². The van der Waals surface area contributed by atoms with Crippen molar-refractivity contribution < 1.29 is 4.79 Å². The lowest BCUT2D eigenvalue weighted by Gasteiger charge is -2.20. The summed E-state index contributed by atoms with van der Waals surface area (Å²) in [5.74, 6) is 0.0245. The molecule has 1 aromatic heterocycles. The minimum absolute atomic E-state index is 0.0245. The molecule has 0 aliphatic carbocycles. The molecule has 0 saturated heterocycles. The lowest BCUT2D eigenvalue weighted by molar-refractivity contribution is 0.0953. The van der Waals surface area contributed by atoms with Crippen LogP contribution in [0.15, 0.2) is 18.5 Å². The van der Waals surface area contributed by atoms with Gasteiger partial charge in [-0.3, -0.25) is 4.79 Å². The van der Waals surface area contributed by atoms with Crippen molar-refractivity contribution in [1.82, 2.24) is 9.88 Å². The number of rotatable bonds is 4. The molecular weight excluding hydrogens is 200 g/mol. The fourth-order valence-corrected chi connectivity index (χ4v) is 1.43. The van der Waals surface area contributed by atoms with Crippen molar-refractivity contribution in [1.29, 1.82) is 0 Å². The lowest BCUT2D eigenvalue weighted by atomic mass is 10.1. The summed E-state index contributed by atoms with van der Waals surface area (Å²) >= 11 is 0. The van der Waals surface area contributed by atoms with E-state index in [4.69, 9.17) is 0 Å². The molecular formula is C13H22N2O. The normalized spacial score (nSPS) is 11.5. The van der Waals surface area contributed by atoms with Gasteiger partial charge in [-0.25, -0.2) is 0 Å². The van der Waals surface area contributed by atoms with Gasteiger partial charge >= 0.3 is 0 Å². The smallest absolute Gasteiger partial charge is 0.252 e. The van der Waals surface area contributed by atoms with Crippen LogP contribution in [0.5, 0.6) is 0 Å². The highest BCUT2D eigenvalue weighted by atomic mass is 16.1. The molecule has 0 spiro atoms. The Morgan fingerprint density at radius 1 is 1.44 bits per heavy atom. The van der Waals surface area contributed by atoms with Gasteiger partial charge in [0, 0.05) is 24.5 Å². The molecule has 1 rings (SSSR count). The summed E-state index contributed by atoms with van der Waals surface area (Å²) in [5.41, 5.74) is 0.771. The molecule has 0 aliphatic heterocycles. The van der Waals surface area contributed by atoms with Gasteiger partial charge in [0.1, 0.15) is 0 Å². The molecule has 1 aromatic rings. The van der Waals surface area contributed by atoms with Crippen molar-refractivity contribution in [2.75, 3.05) is 6.54 Å². The van der Waals surface area contributed by atoms with Gasteiger partial charge in [0.15, 0.2) is 0 Å². The third-order valence-electron chi connectivity index (χ3n) is 2.55. The standard InChI is InChI=1S/C13H22N2O/c1-5-6-8-14-12(16)11-7-9-15(10-11)13(2,3)4/h7,9-10H,5-6,8H2,1-4H3,(H,14,16). The van der Waals surface area contributed by atoms with E-state index in [1.54, 1.807) is 0 Å². The summed E-state index contributed by atoms with van der Waals surface area (Å²) in [6.07, 6.45) is 5.99. The minimum atomic E-state index is 0.0245. The zero-order chi connectivity index (χ0) is 12.2. The summed E-state index contributed by atoms with van der Waals surface area (Å²) < 4.78 is 2.06. The largest absolute Gasteiger partial charge is 0.352 e. The Kier molecular flexibility index (Phi) is 4.16. The predicted molar refractivity (Wildman–Crippen MR) is 66.7 cm³/mol. The number of amides is 1. The number of hydrogen-bond acceptors (Lipinski definition) is 1. The molecule has 90 valence electrons. The van der Waals surface area contributed by atoms with Crippen LogP contribution in [0.25, 0.3) is 0 Å². The third kappa shape index (κ3) is 3.40. The molecule has 16 heavy (non-hydrogen) atoms. The average Bonchev–Trinajstić information content (AvgIpc) is 2.66. The van der Waals surface area contributed by atoms with Crippen molar-refractivity contribution in [3.63, 3.8) is 0 Å². The zero-order valence-corrected chi connectivity index (χ0v) is 10.7. The number of carbonyl (C=O) groups is 1. The number of carbonyl (C=O) groups excluding carboxylic acids is 1. The average molecular weight is 222 g/mol. The molecule has 0 saturated carbocycles. The highest BCUT2D eigenvalue weighted by molar-refractivity contribution is 5.93. The monoisotopic (exact) mass is 222 g/mol. The van der Waals surface area contributed by atoms with Gasteiger partial charge in [0.25, 0.3) is 5.91 Å². The molecule has 0 radical (unpaired) electrons. The van der Waals surface area contributed by atoms with E-state index in [2.05, 4.69) is 37.6 Å². The van der Waals surface area contributed by atoms with Gasteiger partial charge in [0.05, 0.1) is 5.56 Å². The first-order chi connectivity index (χ1) is 7.45. The summed E-state index contributed by atoms with van der Waals surface area (Å²) in [5, 5.41) is 2.91. The summed E-state index contributed by atoms with van der Waals surface area (Å²) in [4.78, 5) is 11.7. The van der Waals surface area contributed by atoms with Crippen LogP contribution in [0.1, 0.15) is 50.9 Å². The first kappa shape index (κ1) is 12.8. The van der Waals surface area contributed by atoms with Crippen molar-refractivity contribution in [2.24, 2.45) is 0 Å². The van der Waals surface area contributed by atoms with E-state index >= 15 is 0 Å². The van der Waals surface area contributed by atoms with E-state index in [9.17, 15) is 4.79 Å². The van der Waals surface area contributed by atoms with Gasteiger partial charge in [-0.2, -0.15) is 0 Å². The number of unbranched alkanes of at least 4 members (excludes halogenated alkanes) is 1. The molecule has 1 N–H and O–H groups in total.